The Labute approximate surface area is 775 Å². The van der Waals surface area contributed by atoms with E-state index in [1.54, 1.807) is 43.5 Å². The predicted octanol–water partition coefficient (Wildman–Crippen LogP) is 23.7. The molecular weight excluding hydrogens is 1770 g/mol. The van der Waals surface area contributed by atoms with Crippen molar-refractivity contribution in [3.05, 3.63) is 179 Å². The van der Waals surface area contributed by atoms with Crippen molar-refractivity contribution < 1.29 is 94.3 Å². The third-order valence-electron chi connectivity index (χ3n) is 23.3. The Morgan fingerprint density at radius 2 is 0.835 bits per heavy atom. The predicted molar refractivity (Wildman–Crippen MR) is 531 cm³/mol. The first-order chi connectivity index (χ1) is 58.9. The summed E-state index contributed by atoms with van der Waals surface area (Å²) in [7, 11) is -6.77. The van der Waals surface area contributed by atoms with Crippen molar-refractivity contribution in [2.24, 2.45) is 11.8 Å². The van der Waals surface area contributed by atoms with Crippen LogP contribution in [-0.2, 0) is 56.2 Å². The van der Waals surface area contributed by atoms with E-state index in [0.717, 1.165) is 29.7 Å². The van der Waals surface area contributed by atoms with Crippen LogP contribution in [0.25, 0.3) is 6.08 Å². The van der Waals surface area contributed by atoms with E-state index >= 15 is 0 Å². The van der Waals surface area contributed by atoms with Gasteiger partial charge in [0.25, 0.3) is 0 Å². The molecule has 2 saturated heterocycles. The van der Waals surface area contributed by atoms with Gasteiger partial charge < -0.3 is 37.6 Å². The van der Waals surface area contributed by atoms with Crippen LogP contribution < -0.4 is 23.4 Å². The fourth-order valence-electron chi connectivity index (χ4n) is 13.3. The van der Waals surface area contributed by atoms with Crippen molar-refractivity contribution in [2.45, 2.75) is 320 Å². The Morgan fingerprint density at radius 1 is 0.457 bits per heavy atom. The molecule has 0 saturated carbocycles. The van der Waals surface area contributed by atoms with Crippen LogP contribution in [0.15, 0.2) is 146 Å². The normalized spacial score (nSPS) is 18.8. The molecule has 0 radical (unpaired) electrons. The molecule has 0 aromatic heterocycles. The molecule has 2 aliphatic heterocycles. The summed E-state index contributed by atoms with van der Waals surface area (Å²) in [6, 6.07) is 39.4. The van der Waals surface area contributed by atoms with Crippen molar-refractivity contribution in [3.63, 3.8) is 0 Å². The number of benzene rings is 5. The molecule has 2 aliphatic rings. The molecule has 5 aromatic carbocycles. The second-order valence-corrected chi connectivity index (χ2v) is 77.3. The fourth-order valence-corrected chi connectivity index (χ4v) is 21.7. The average molecular weight is 1930 g/mol. The number of carbonyl (C=O) groups excluding carboxylic acids is 4. The maximum atomic E-state index is 14.5. The van der Waals surface area contributed by atoms with E-state index in [0.29, 0.717) is 90.9 Å². The number of carbonyl (C=O) groups is 4. The number of ether oxygens (including phenoxy) is 14. The molecule has 0 amide bonds. The summed E-state index contributed by atoms with van der Waals surface area (Å²) in [4.78, 5) is 55.6. The monoisotopic (exact) mass is 1930 g/mol. The number of rotatable bonds is 47. The molecule has 0 bridgehead atoms. The Bertz CT molecular complexity index is 4330. The zero-order valence-corrected chi connectivity index (χ0v) is 90.8. The van der Waals surface area contributed by atoms with Gasteiger partial charge in [0.2, 0.25) is 0 Å². The Morgan fingerprint density at radius 3 is 1.24 bits per heavy atom. The molecule has 0 spiro atoms. The molecule has 2 heterocycles. The van der Waals surface area contributed by atoms with E-state index < -0.39 is 121 Å². The van der Waals surface area contributed by atoms with Crippen molar-refractivity contribution >= 4 is 98.3 Å². The molecule has 5 unspecified atom stereocenters. The van der Waals surface area contributed by atoms with Gasteiger partial charge in [-0.05, 0) is 111 Å². The van der Waals surface area contributed by atoms with E-state index in [-0.39, 0.29) is 73.0 Å². The Hall–Kier alpha value is -6.10. The minimum absolute atomic E-state index is 0.0115. The second-order valence-electron chi connectivity index (χ2n) is 42.6. The minimum atomic E-state index is -2.06. The molecule has 127 heavy (non-hydrogen) atoms. The van der Waals surface area contributed by atoms with Gasteiger partial charge in [-0.15, -0.1) is 0 Å². The third kappa shape index (κ3) is 37.5. The van der Waals surface area contributed by atoms with Crippen molar-refractivity contribution in [3.8, 4) is 23.0 Å². The van der Waals surface area contributed by atoms with Gasteiger partial charge in [0.1, 0.15) is 29.3 Å². The van der Waals surface area contributed by atoms with Crippen molar-refractivity contribution in [1.29, 1.82) is 0 Å². The van der Waals surface area contributed by atoms with Gasteiger partial charge >= 0.3 is 388 Å². The van der Waals surface area contributed by atoms with Crippen molar-refractivity contribution in [2.75, 3.05) is 54.2 Å². The van der Waals surface area contributed by atoms with Gasteiger partial charge in [-0.3, -0.25) is 0 Å². The van der Waals surface area contributed by atoms with Crippen molar-refractivity contribution in [1.82, 2.24) is 0 Å². The van der Waals surface area contributed by atoms with E-state index in [2.05, 4.69) is 198 Å². The van der Waals surface area contributed by atoms with Gasteiger partial charge in [0.05, 0.1) is 24.9 Å². The molecule has 708 valence electrons. The number of methoxy groups -OCH3 is 2. The maximum absolute atomic E-state index is 14.5. The first-order valence-corrected chi connectivity index (χ1v) is 67.9. The van der Waals surface area contributed by atoms with Crippen LogP contribution >= 0.6 is 0 Å². The molecule has 27 heteroatoms. The summed E-state index contributed by atoms with van der Waals surface area (Å²) in [6.45, 7) is 67.4. The fraction of sp³-hybridized carbons (Fsp3) is 0.600. The van der Waals surface area contributed by atoms with Gasteiger partial charge in [-0.2, -0.15) is 0 Å². The summed E-state index contributed by atoms with van der Waals surface area (Å²) in [5.41, 5.74) is 2.94. The topological polar surface area (TPSA) is 216 Å². The van der Waals surface area contributed by atoms with E-state index in [1.807, 2.05) is 119 Å². The quantitative estimate of drug-likeness (QED) is 0.0116. The number of hydrogen-bond donors (Lipinski definition) is 0. The van der Waals surface area contributed by atoms with E-state index in [1.165, 1.54) is 11.6 Å². The molecule has 7 rings (SSSR count). The molecule has 2 fully saturated rings. The Kier molecular flexibility index (Phi) is 41.9. The van der Waals surface area contributed by atoms with Crippen LogP contribution in [0.1, 0.15) is 174 Å². The van der Waals surface area contributed by atoms with Gasteiger partial charge in [0, 0.05) is 35.4 Å². The molecular formula is C100H158O20SeSi6. The third-order valence-corrected chi connectivity index (χ3v) is 42.0. The summed E-state index contributed by atoms with van der Waals surface area (Å²) in [6.07, 6.45) is 9.34. The Balaban J connectivity index is 0.000000394. The van der Waals surface area contributed by atoms with Crippen LogP contribution in [0.2, 0.25) is 139 Å². The first kappa shape index (κ1) is 110. The van der Waals surface area contributed by atoms with Crippen LogP contribution in [0.4, 0.5) is 0 Å². The zero-order chi connectivity index (χ0) is 94.9. The van der Waals surface area contributed by atoms with Crippen LogP contribution in [-0.4, -0.2) is 202 Å². The van der Waals surface area contributed by atoms with Gasteiger partial charge in [-0.1, -0.05) is 124 Å². The van der Waals surface area contributed by atoms with E-state index in [4.69, 9.17) is 75.2 Å². The number of esters is 4. The summed E-state index contributed by atoms with van der Waals surface area (Å²) < 4.78 is 101. The second kappa shape index (κ2) is 48.5. The van der Waals surface area contributed by atoms with Gasteiger partial charge in [0.15, 0.2) is 20.9 Å². The number of hydrogen-bond acceptors (Lipinski definition) is 20. The summed E-state index contributed by atoms with van der Waals surface area (Å²) >= 11 is -0.177. The first-order valence-electron chi connectivity index (χ1n) is 45.4. The summed E-state index contributed by atoms with van der Waals surface area (Å²) in [5, 5.41) is 0.121. The SMILES string of the molecule is COCOc1cc(OCC[Si](C)(C)C)cc(/C=C/C[C@@H]2OC(C)(C)OC2C(/C=C\[C@@H](C)[C@H](C)O[Si](C)(C)C(C)(C)C)OC(=O)c2ccccc2)c1C(=O)OCC[Si](C)(C)C.COCOc1cc(OCC[Si](C)(C)C)cc(C(CC[C@@H]2OC(C)(C)OC2C(/C=C\[C@@H](C)[C@@H](C)O[Si](C)(C)C(C)(C)C)OC(=O)c2ccccc2)[Se]c2ccccc2)c1C(=O)OCC[Si](C)(C)C. The zero-order valence-electron chi connectivity index (χ0n) is 83.1. The molecule has 20 nitrogen and oxygen atoms in total. The molecule has 5 aromatic rings. The molecule has 0 aliphatic carbocycles. The van der Waals surface area contributed by atoms with Crippen LogP contribution in [0.3, 0.4) is 0 Å². The molecule has 11 atom stereocenters. The van der Waals surface area contributed by atoms with Gasteiger partial charge in [-0.25, -0.2) is 9.59 Å². The summed E-state index contributed by atoms with van der Waals surface area (Å²) in [5.74, 6) is -1.83. The van der Waals surface area contributed by atoms with Crippen LogP contribution in [0.5, 0.6) is 23.0 Å². The van der Waals surface area contributed by atoms with Crippen LogP contribution in [0, 0.1) is 11.8 Å². The standard InChI is InChI=1S/C53H82O10SeSi3.C47H76O10Si3/c1-38(39(2)63-67(15,16)52(3,4)5)27-28-44(60-50(54)40-23-19-17-20-24-40)49-45(61-53(6,7)62-49)29-30-47(64-42-25-21-18-22-26-42)43-35-41(57-31-33-65(9,10)11)36-46(59-37-56-8)48(43)51(55)58-32-34-66(12,13)14;1-34(35(2)57-60(15,16)46(3,4)5)25-26-39(54-44(48)36-21-18-17-19-22-36)43-40(55-47(6,7)56-43)24-20-23-37-31-38(51-27-29-58(9,10)11)32-41(53-33-50-8)42(37)45(49)52-28-30-59(12,13)14/h17-28,35-36,38-39,44-45,47,49H,29-34,37H2,1-16H3;17-23,25-26,31-32,34-35,39-40,43H,24,27-30,33H2,1-16H3/b28-27-;23-20+,26-25-/t38-,39-,44?,45+,47?,49?;34-,35+,39?,40+,43?/m11/s1. The van der Waals surface area contributed by atoms with E-state index in [9.17, 15) is 19.2 Å². The average Bonchev–Trinajstić information content (AvgIpc) is 1.78. The molecule has 0 N–H and O–H groups in total.